The van der Waals surface area contributed by atoms with Gasteiger partial charge in [0.1, 0.15) is 0 Å². The maximum Gasteiger partial charge on any atom is 0.243 e. The molecule has 1 unspecified atom stereocenters. The second-order valence-electron chi connectivity index (χ2n) is 2.49. The molecule has 2 aromatic heterocycles. The van der Waals surface area contributed by atoms with Crippen LogP contribution in [0.5, 0.6) is 0 Å². The smallest absolute Gasteiger partial charge is 0.243 e. The molecule has 0 bridgehead atoms. The molecule has 62 valence electrons. The second-order valence-corrected chi connectivity index (χ2v) is 2.49. The summed E-state index contributed by atoms with van der Waals surface area (Å²) >= 11 is 0. The lowest BCUT2D eigenvalue weighted by Gasteiger charge is -2.00. The van der Waals surface area contributed by atoms with E-state index in [0.29, 0.717) is 17.0 Å². The Balaban J connectivity index is 2.60. The van der Waals surface area contributed by atoms with Gasteiger partial charge in [0, 0.05) is 6.04 Å². The van der Waals surface area contributed by atoms with Crippen LogP contribution in [0.4, 0.5) is 0 Å². The lowest BCUT2D eigenvalue weighted by atomic mass is 10.3. The predicted octanol–water partition coefficient (Wildman–Crippen LogP) is 0.0325. The van der Waals surface area contributed by atoms with Crippen molar-refractivity contribution in [3.63, 3.8) is 0 Å². The van der Waals surface area contributed by atoms with Crippen LogP contribution in [0.2, 0.25) is 0 Å². The molecule has 0 radical (unpaired) electrons. The van der Waals surface area contributed by atoms with Gasteiger partial charge in [-0.3, -0.25) is 0 Å². The number of fused-ring (bicyclic) bond motifs is 1. The largest absolute Gasteiger partial charge is 0.323 e. The first-order valence-electron chi connectivity index (χ1n) is 3.48. The highest BCUT2D eigenvalue weighted by atomic mass is 16.6. The Morgan fingerprint density at radius 1 is 1.42 bits per heavy atom. The summed E-state index contributed by atoms with van der Waals surface area (Å²) < 4.78 is 4.43. The number of hydrogen-bond acceptors (Lipinski definition) is 6. The van der Waals surface area contributed by atoms with Crippen LogP contribution in [0.1, 0.15) is 18.7 Å². The minimum Gasteiger partial charge on any atom is -0.323 e. The molecule has 0 aliphatic carbocycles. The zero-order chi connectivity index (χ0) is 8.55. The van der Waals surface area contributed by atoms with Gasteiger partial charge in [0.05, 0.1) is 11.9 Å². The summed E-state index contributed by atoms with van der Waals surface area (Å²) in [7, 11) is 0. The third-order valence-electron chi connectivity index (χ3n) is 1.48. The van der Waals surface area contributed by atoms with Gasteiger partial charge in [-0.15, -0.1) is 0 Å². The molecule has 0 amide bonds. The molecule has 0 aliphatic heterocycles. The first-order valence-corrected chi connectivity index (χ1v) is 3.48. The third-order valence-corrected chi connectivity index (χ3v) is 1.48. The molecular weight excluding hydrogens is 158 g/mol. The molecule has 0 saturated heterocycles. The normalized spacial score (nSPS) is 13.5. The maximum atomic E-state index is 5.59. The third kappa shape index (κ3) is 1.02. The molecule has 1 atom stereocenters. The Hall–Kier alpha value is -1.56. The van der Waals surface area contributed by atoms with Gasteiger partial charge in [-0.05, 0) is 17.2 Å². The second kappa shape index (κ2) is 2.49. The van der Waals surface area contributed by atoms with Gasteiger partial charge < -0.3 is 5.73 Å². The highest BCUT2D eigenvalue weighted by molar-refractivity contribution is 5.62. The van der Waals surface area contributed by atoms with Crippen molar-refractivity contribution in [3.05, 3.63) is 11.9 Å². The van der Waals surface area contributed by atoms with E-state index in [2.05, 4.69) is 24.9 Å². The van der Waals surface area contributed by atoms with Crippen LogP contribution in [0, 0.1) is 0 Å². The van der Waals surface area contributed by atoms with Crippen LogP contribution >= 0.6 is 0 Å². The number of nitrogens with two attached hydrogens (primary N) is 1. The highest BCUT2D eigenvalue weighted by Gasteiger charge is 2.06. The summed E-state index contributed by atoms with van der Waals surface area (Å²) in [6.07, 6.45) is 1.57. The summed E-state index contributed by atoms with van der Waals surface area (Å²) in [6, 6.07) is -0.154. The van der Waals surface area contributed by atoms with Crippen molar-refractivity contribution in [1.29, 1.82) is 0 Å². The molecule has 0 spiro atoms. The van der Waals surface area contributed by atoms with Crippen LogP contribution in [-0.2, 0) is 0 Å². The standard InChI is InChI=1S/C6H7N5O/c1-3(7)4-2-8-5-6(9-4)11-12-10-5/h2-3H,7H2,1H3. The Kier molecular flexibility index (Phi) is 1.47. The summed E-state index contributed by atoms with van der Waals surface area (Å²) in [4.78, 5) is 8.03. The fourth-order valence-corrected chi connectivity index (χ4v) is 0.829. The van der Waals surface area contributed by atoms with Gasteiger partial charge in [-0.25, -0.2) is 14.6 Å². The molecule has 6 nitrogen and oxygen atoms in total. The maximum absolute atomic E-state index is 5.59. The van der Waals surface area contributed by atoms with E-state index in [4.69, 9.17) is 5.73 Å². The lowest BCUT2D eigenvalue weighted by Crippen LogP contribution is -2.07. The molecule has 0 aliphatic rings. The summed E-state index contributed by atoms with van der Waals surface area (Å²) in [5, 5.41) is 7.07. The molecule has 0 aromatic carbocycles. The summed E-state index contributed by atoms with van der Waals surface area (Å²) in [5.74, 6) is 0. The van der Waals surface area contributed by atoms with E-state index in [9.17, 15) is 0 Å². The Labute approximate surface area is 67.8 Å². The summed E-state index contributed by atoms with van der Waals surface area (Å²) in [5.41, 5.74) is 7.07. The van der Waals surface area contributed by atoms with Crippen molar-refractivity contribution in [2.75, 3.05) is 0 Å². The topological polar surface area (TPSA) is 90.7 Å². The van der Waals surface area contributed by atoms with E-state index in [-0.39, 0.29) is 6.04 Å². The fourth-order valence-electron chi connectivity index (χ4n) is 0.829. The van der Waals surface area contributed by atoms with E-state index in [1.54, 1.807) is 6.20 Å². The molecular formula is C6H7N5O. The average molecular weight is 165 g/mol. The van der Waals surface area contributed by atoms with Gasteiger partial charge in [-0.2, -0.15) is 0 Å². The highest BCUT2D eigenvalue weighted by Crippen LogP contribution is 2.07. The molecule has 2 aromatic rings. The van der Waals surface area contributed by atoms with Gasteiger partial charge in [0.15, 0.2) is 0 Å². The van der Waals surface area contributed by atoms with Crippen molar-refractivity contribution in [3.8, 4) is 0 Å². The van der Waals surface area contributed by atoms with Gasteiger partial charge >= 0.3 is 0 Å². The zero-order valence-electron chi connectivity index (χ0n) is 6.43. The van der Waals surface area contributed by atoms with E-state index in [0.717, 1.165) is 0 Å². The van der Waals surface area contributed by atoms with Gasteiger partial charge in [0.2, 0.25) is 11.3 Å². The van der Waals surface area contributed by atoms with Gasteiger partial charge in [-0.1, -0.05) is 0 Å². The van der Waals surface area contributed by atoms with Crippen molar-refractivity contribution >= 4 is 11.3 Å². The van der Waals surface area contributed by atoms with Crippen LogP contribution in [-0.4, -0.2) is 20.3 Å². The zero-order valence-corrected chi connectivity index (χ0v) is 6.43. The monoisotopic (exact) mass is 165 g/mol. The number of nitrogens with zero attached hydrogens (tertiary/aromatic N) is 4. The van der Waals surface area contributed by atoms with E-state index >= 15 is 0 Å². The van der Waals surface area contributed by atoms with E-state index in [1.165, 1.54) is 0 Å². The van der Waals surface area contributed by atoms with Crippen LogP contribution < -0.4 is 5.73 Å². The van der Waals surface area contributed by atoms with Crippen molar-refractivity contribution in [2.24, 2.45) is 5.73 Å². The van der Waals surface area contributed by atoms with Crippen molar-refractivity contribution in [2.45, 2.75) is 13.0 Å². The van der Waals surface area contributed by atoms with Crippen LogP contribution in [0.15, 0.2) is 10.8 Å². The predicted molar refractivity (Wildman–Crippen MR) is 40.0 cm³/mol. The molecule has 2 N–H and O–H groups in total. The van der Waals surface area contributed by atoms with E-state index < -0.39 is 0 Å². The molecule has 2 rings (SSSR count). The minimum absolute atomic E-state index is 0.154. The molecule has 6 heteroatoms. The van der Waals surface area contributed by atoms with Crippen LogP contribution in [0.3, 0.4) is 0 Å². The Morgan fingerprint density at radius 2 is 2.17 bits per heavy atom. The summed E-state index contributed by atoms with van der Waals surface area (Å²) in [6.45, 7) is 1.82. The van der Waals surface area contributed by atoms with Crippen molar-refractivity contribution in [1.82, 2.24) is 20.3 Å². The fraction of sp³-hybridized carbons (Fsp3) is 0.333. The number of hydrogen-bond donors (Lipinski definition) is 1. The lowest BCUT2D eigenvalue weighted by molar-refractivity contribution is 0.314. The Morgan fingerprint density at radius 3 is 2.92 bits per heavy atom. The SMILES string of the molecule is CC(N)c1cnc2nonc2n1. The minimum atomic E-state index is -0.154. The van der Waals surface area contributed by atoms with Crippen LogP contribution in [0.25, 0.3) is 11.3 Å². The Bertz CT molecular complexity index is 395. The van der Waals surface area contributed by atoms with E-state index in [1.807, 2.05) is 6.92 Å². The average Bonchev–Trinajstić information content (AvgIpc) is 2.49. The molecule has 0 saturated carbocycles. The number of rotatable bonds is 1. The molecule has 0 fully saturated rings. The number of aromatic nitrogens is 4. The van der Waals surface area contributed by atoms with Gasteiger partial charge in [0.25, 0.3) is 0 Å². The molecule has 2 heterocycles. The van der Waals surface area contributed by atoms with Crippen molar-refractivity contribution < 1.29 is 4.63 Å². The first-order chi connectivity index (χ1) is 5.77. The first kappa shape index (κ1) is 7.11. The molecule has 12 heavy (non-hydrogen) atoms. The quantitative estimate of drug-likeness (QED) is 0.641.